The zero-order valence-corrected chi connectivity index (χ0v) is 27.7. The van der Waals surface area contributed by atoms with Crippen molar-refractivity contribution in [2.24, 2.45) is 0 Å². The molecular weight excluding hydrogens is 596 g/mol. The van der Waals surface area contributed by atoms with Crippen LogP contribution in [0.1, 0.15) is 46.8 Å². The normalized spacial score (nSPS) is 21.4. The molecule has 2 aromatic rings. The molecule has 248 valence electrons. The molecule has 12 heteroatoms. The number of rotatable bonds is 15. The van der Waals surface area contributed by atoms with E-state index in [9.17, 15) is 29.7 Å². The molecule has 3 rings (SSSR count). The van der Waals surface area contributed by atoms with Crippen molar-refractivity contribution >= 4 is 29.5 Å². The summed E-state index contributed by atoms with van der Waals surface area (Å²) in [6.45, 7) is 3.13. The van der Waals surface area contributed by atoms with Crippen LogP contribution in [0, 0.1) is 6.92 Å². The fourth-order valence-corrected chi connectivity index (χ4v) is 5.71. The predicted octanol–water partition coefficient (Wildman–Crippen LogP) is 1.00. The van der Waals surface area contributed by atoms with Gasteiger partial charge < -0.3 is 35.6 Å². The van der Waals surface area contributed by atoms with Crippen molar-refractivity contribution in [1.29, 1.82) is 0 Å². The van der Waals surface area contributed by atoms with E-state index < -0.39 is 29.9 Å². The Balaban J connectivity index is 1.41. The molecule has 0 radical (unpaired) electrons. The number of nitrogens with one attached hydrogen (secondary N) is 2. The number of likely N-dealkylation sites (N-methyl/N-ethyl adjacent to an activating group) is 2. The average Bonchev–Trinajstić information content (AvgIpc) is 3.01. The highest BCUT2D eigenvalue weighted by atomic mass is 32.2. The fourth-order valence-electron chi connectivity index (χ4n) is 5.04. The van der Waals surface area contributed by atoms with Gasteiger partial charge in [-0.2, -0.15) is 0 Å². The molecular formula is C33H48N4O7S. The highest BCUT2D eigenvalue weighted by Gasteiger charge is 2.44. The molecule has 1 saturated heterocycles. The van der Waals surface area contributed by atoms with Crippen molar-refractivity contribution in [3.63, 3.8) is 0 Å². The summed E-state index contributed by atoms with van der Waals surface area (Å²) in [4.78, 5) is 39.3. The van der Waals surface area contributed by atoms with E-state index in [2.05, 4.69) is 34.9 Å². The number of carbonyl (C=O) groups excluding carboxylic acids is 3. The molecule has 11 nitrogen and oxygen atoms in total. The Morgan fingerprint density at radius 2 is 1.60 bits per heavy atom. The van der Waals surface area contributed by atoms with E-state index in [0.717, 1.165) is 34.2 Å². The first-order chi connectivity index (χ1) is 21.4. The van der Waals surface area contributed by atoms with Crippen LogP contribution in [0.3, 0.4) is 0 Å². The molecule has 45 heavy (non-hydrogen) atoms. The van der Waals surface area contributed by atoms with E-state index in [1.165, 1.54) is 16.7 Å². The molecule has 0 bridgehead atoms. The van der Waals surface area contributed by atoms with Crippen molar-refractivity contribution < 1.29 is 34.4 Å². The Morgan fingerprint density at radius 1 is 0.911 bits per heavy atom. The topological polar surface area (TPSA) is 152 Å². The van der Waals surface area contributed by atoms with Gasteiger partial charge in [0.1, 0.15) is 29.9 Å². The van der Waals surface area contributed by atoms with Crippen molar-refractivity contribution in [2.75, 3.05) is 53.6 Å². The molecule has 2 aromatic carbocycles. The maximum Gasteiger partial charge on any atom is 0.239 e. The molecule has 0 aromatic heterocycles. The van der Waals surface area contributed by atoms with Crippen LogP contribution in [0.15, 0.2) is 42.5 Å². The Kier molecular flexibility index (Phi) is 14.3. The van der Waals surface area contributed by atoms with Crippen LogP contribution >= 0.6 is 11.8 Å². The van der Waals surface area contributed by atoms with Crippen LogP contribution in [0.2, 0.25) is 0 Å². The number of aryl methyl sites for hydroxylation is 2. The van der Waals surface area contributed by atoms with Crippen LogP contribution in [0.5, 0.6) is 0 Å². The summed E-state index contributed by atoms with van der Waals surface area (Å²) in [6.07, 6.45) is -0.268. The Hall–Kier alpha value is -3.00. The molecule has 5 atom stereocenters. The maximum absolute atomic E-state index is 12.2. The SMILES string of the molecule is CS[C@H]1O[C@@H](c2ccc(C)c(Cc3ccc(CCCC(=O)NCC(=O)NCCN(C)CC(=O)N(C)C)cc3)c2)[C@H](O)[C@@H](O)[C@@H]1O. The van der Waals surface area contributed by atoms with Crippen LogP contribution < -0.4 is 10.6 Å². The molecule has 1 fully saturated rings. The zero-order valence-electron chi connectivity index (χ0n) is 26.9. The van der Waals surface area contributed by atoms with Crippen LogP contribution in [0.25, 0.3) is 0 Å². The van der Waals surface area contributed by atoms with Crippen molar-refractivity contribution in [1.82, 2.24) is 20.4 Å². The summed E-state index contributed by atoms with van der Waals surface area (Å²) < 4.78 is 5.94. The van der Waals surface area contributed by atoms with Gasteiger partial charge in [0.15, 0.2) is 0 Å². The fraction of sp³-hybridized carbons (Fsp3) is 0.545. The molecule has 0 unspecified atom stereocenters. The summed E-state index contributed by atoms with van der Waals surface area (Å²) in [5, 5.41) is 36.5. The molecule has 1 aliphatic heterocycles. The lowest BCUT2D eigenvalue weighted by Crippen LogP contribution is -2.52. The number of nitrogens with zero attached hydrogens (tertiary/aromatic N) is 2. The van der Waals surface area contributed by atoms with E-state index in [0.29, 0.717) is 32.4 Å². The number of thioether (sulfide) groups is 1. The van der Waals surface area contributed by atoms with Crippen molar-refractivity contribution in [2.45, 2.75) is 62.5 Å². The van der Waals surface area contributed by atoms with E-state index >= 15 is 0 Å². The summed E-state index contributed by atoms with van der Waals surface area (Å²) in [5.74, 6) is -0.454. The minimum atomic E-state index is -1.29. The molecule has 0 saturated carbocycles. The lowest BCUT2D eigenvalue weighted by Gasteiger charge is -2.40. The Morgan fingerprint density at radius 3 is 2.27 bits per heavy atom. The molecule has 0 aliphatic carbocycles. The number of benzene rings is 2. The molecule has 3 amide bonds. The third-order valence-corrected chi connectivity index (χ3v) is 8.81. The first-order valence-corrected chi connectivity index (χ1v) is 16.5. The lowest BCUT2D eigenvalue weighted by atomic mass is 9.91. The number of hydrogen-bond donors (Lipinski definition) is 5. The van der Waals surface area contributed by atoms with E-state index in [1.807, 2.05) is 37.1 Å². The summed E-state index contributed by atoms with van der Waals surface area (Å²) >= 11 is 1.29. The second-order valence-electron chi connectivity index (χ2n) is 11.8. The van der Waals surface area contributed by atoms with E-state index in [-0.39, 0.29) is 30.8 Å². The van der Waals surface area contributed by atoms with Crippen LogP contribution in [-0.4, -0.2) is 120 Å². The van der Waals surface area contributed by atoms with Gasteiger partial charge in [-0.25, -0.2) is 0 Å². The Labute approximate surface area is 270 Å². The largest absolute Gasteiger partial charge is 0.387 e. The highest BCUT2D eigenvalue weighted by Crippen LogP contribution is 2.36. The third kappa shape index (κ3) is 11.1. The number of aliphatic hydroxyl groups is 3. The quantitative estimate of drug-likeness (QED) is 0.191. The van der Waals surface area contributed by atoms with Gasteiger partial charge in [-0.1, -0.05) is 42.5 Å². The first kappa shape index (κ1) is 36.5. The number of aliphatic hydroxyl groups excluding tert-OH is 3. The van der Waals surface area contributed by atoms with Gasteiger partial charge in [0, 0.05) is 33.6 Å². The minimum absolute atomic E-state index is 0.00809. The van der Waals surface area contributed by atoms with Gasteiger partial charge >= 0.3 is 0 Å². The van der Waals surface area contributed by atoms with Crippen molar-refractivity contribution in [3.8, 4) is 0 Å². The standard InChI is InChI=1S/C33H48N4O7S/c1-21-9-14-24(32-30(42)29(41)31(43)33(44-32)45-5)18-25(21)17-23-12-10-22(11-13-23)7-6-8-26(38)35-19-27(39)34-15-16-37(4)20-28(40)36(2)3/h9-14,18,29-33,41-43H,6-8,15-17,19-20H2,1-5H3,(H,34,39)(H,35,38)/t29-,30-,31+,32+,33-/m1/s1. The maximum atomic E-state index is 12.2. The second-order valence-corrected chi connectivity index (χ2v) is 12.8. The second kappa shape index (κ2) is 17.6. The zero-order chi connectivity index (χ0) is 33.1. The average molecular weight is 645 g/mol. The number of ether oxygens (including phenoxy) is 1. The van der Waals surface area contributed by atoms with Gasteiger partial charge in [-0.3, -0.25) is 19.3 Å². The minimum Gasteiger partial charge on any atom is -0.387 e. The van der Waals surface area contributed by atoms with E-state index in [1.54, 1.807) is 20.4 Å². The molecule has 1 heterocycles. The van der Waals surface area contributed by atoms with E-state index in [4.69, 9.17) is 4.74 Å². The summed E-state index contributed by atoms with van der Waals surface area (Å²) in [7, 11) is 5.21. The van der Waals surface area contributed by atoms with Crippen molar-refractivity contribution in [3.05, 3.63) is 70.3 Å². The third-order valence-electron chi connectivity index (χ3n) is 7.96. The van der Waals surface area contributed by atoms with Crippen LogP contribution in [-0.2, 0) is 32.0 Å². The highest BCUT2D eigenvalue weighted by molar-refractivity contribution is 7.99. The van der Waals surface area contributed by atoms with Gasteiger partial charge in [-0.05, 0) is 67.3 Å². The first-order valence-electron chi connectivity index (χ1n) is 15.2. The van der Waals surface area contributed by atoms with Gasteiger partial charge in [0.25, 0.3) is 0 Å². The summed E-state index contributed by atoms with van der Waals surface area (Å²) in [5.41, 5.74) is 4.51. The molecule has 0 spiro atoms. The van der Waals surface area contributed by atoms with Gasteiger partial charge in [0.05, 0.1) is 13.1 Å². The number of carbonyl (C=O) groups is 3. The Bertz CT molecular complexity index is 1270. The molecule has 1 aliphatic rings. The number of hydrogen-bond acceptors (Lipinski definition) is 9. The number of amides is 3. The van der Waals surface area contributed by atoms with Gasteiger partial charge in [0.2, 0.25) is 17.7 Å². The van der Waals surface area contributed by atoms with Gasteiger partial charge in [-0.15, -0.1) is 11.8 Å². The molecule has 5 N–H and O–H groups in total. The monoisotopic (exact) mass is 644 g/mol. The van der Waals surface area contributed by atoms with Crippen LogP contribution in [0.4, 0.5) is 0 Å². The summed E-state index contributed by atoms with van der Waals surface area (Å²) in [6, 6.07) is 14.1. The lowest BCUT2D eigenvalue weighted by molar-refractivity contribution is -0.200. The smallest absolute Gasteiger partial charge is 0.239 e. The predicted molar refractivity (Wildman–Crippen MR) is 175 cm³/mol.